The second-order valence-corrected chi connectivity index (χ2v) is 4.68. The maximum Gasteiger partial charge on any atom is 0.241 e. The Morgan fingerprint density at radius 1 is 1.44 bits per heavy atom. The van der Waals surface area contributed by atoms with Crippen LogP contribution < -0.4 is 11.2 Å². The van der Waals surface area contributed by atoms with Crippen LogP contribution in [0.5, 0.6) is 0 Å². The van der Waals surface area contributed by atoms with Gasteiger partial charge in [-0.05, 0) is 12.1 Å². The zero-order chi connectivity index (χ0) is 11.8. The summed E-state index contributed by atoms with van der Waals surface area (Å²) in [6.07, 6.45) is 0.445. The second-order valence-electron chi connectivity index (χ2n) is 4.68. The summed E-state index contributed by atoms with van der Waals surface area (Å²) < 4.78 is 0. The molecule has 0 aliphatic carbocycles. The van der Waals surface area contributed by atoms with Crippen LogP contribution >= 0.6 is 0 Å². The number of nitrogen functional groups attached to an aromatic ring is 1. The van der Waals surface area contributed by atoms with Crippen molar-refractivity contribution in [2.45, 2.75) is 20.3 Å². The molecule has 0 aromatic heterocycles. The Balaban J connectivity index is 2.44. The number of hydrogen-bond donors (Lipinski definition) is 2. The molecular weight excluding hydrogens is 202 g/mol. The van der Waals surface area contributed by atoms with Crippen LogP contribution in [0.15, 0.2) is 29.4 Å². The van der Waals surface area contributed by atoms with Gasteiger partial charge in [0.1, 0.15) is 0 Å². The highest BCUT2D eigenvalue weighted by Gasteiger charge is 2.32. The van der Waals surface area contributed by atoms with Crippen LogP contribution in [0.1, 0.15) is 25.8 Å². The number of benzene rings is 1. The van der Waals surface area contributed by atoms with Gasteiger partial charge in [0.25, 0.3) is 0 Å². The van der Waals surface area contributed by atoms with Gasteiger partial charge >= 0.3 is 0 Å². The average molecular weight is 217 g/mol. The van der Waals surface area contributed by atoms with Crippen LogP contribution in [0.2, 0.25) is 0 Å². The molecule has 0 atom stereocenters. The summed E-state index contributed by atoms with van der Waals surface area (Å²) >= 11 is 0. The van der Waals surface area contributed by atoms with E-state index >= 15 is 0 Å². The summed E-state index contributed by atoms with van der Waals surface area (Å²) in [6, 6.07) is 7.55. The number of carbonyl (C=O) groups excluding carboxylic acids is 1. The normalized spacial score (nSPS) is 18.9. The van der Waals surface area contributed by atoms with Crippen molar-refractivity contribution in [2.24, 2.45) is 10.5 Å². The molecule has 1 heterocycles. The van der Waals surface area contributed by atoms with E-state index in [2.05, 4.69) is 10.5 Å². The first-order chi connectivity index (χ1) is 7.49. The molecule has 0 bridgehead atoms. The Morgan fingerprint density at radius 3 is 2.81 bits per heavy atom. The third kappa shape index (κ3) is 1.91. The number of carbonyl (C=O) groups is 1. The molecular formula is C12H15N3O. The van der Waals surface area contributed by atoms with Gasteiger partial charge in [-0.15, -0.1) is 0 Å². The summed E-state index contributed by atoms with van der Waals surface area (Å²) in [5.74, 6) is -0.0438. The molecule has 0 radical (unpaired) electrons. The molecule has 16 heavy (non-hydrogen) atoms. The van der Waals surface area contributed by atoms with Gasteiger partial charge in [-0.1, -0.05) is 26.0 Å². The van der Waals surface area contributed by atoms with Crippen molar-refractivity contribution in [3.63, 3.8) is 0 Å². The number of hydrogen-bond acceptors (Lipinski definition) is 3. The van der Waals surface area contributed by atoms with Crippen LogP contribution in [-0.4, -0.2) is 11.6 Å². The fourth-order valence-corrected chi connectivity index (χ4v) is 1.94. The monoisotopic (exact) mass is 217 g/mol. The van der Waals surface area contributed by atoms with E-state index in [1.165, 1.54) is 0 Å². The molecule has 1 amide bonds. The zero-order valence-corrected chi connectivity index (χ0v) is 9.45. The molecule has 84 valence electrons. The van der Waals surface area contributed by atoms with Gasteiger partial charge < -0.3 is 5.73 Å². The Labute approximate surface area is 94.5 Å². The fourth-order valence-electron chi connectivity index (χ4n) is 1.94. The highest BCUT2D eigenvalue weighted by Crippen LogP contribution is 2.29. The summed E-state index contributed by atoms with van der Waals surface area (Å²) in [6.45, 7) is 4.02. The molecule has 0 saturated carbocycles. The maximum absolute atomic E-state index is 11.3. The molecule has 0 saturated heterocycles. The van der Waals surface area contributed by atoms with Crippen molar-refractivity contribution in [1.82, 2.24) is 5.43 Å². The topological polar surface area (TPSA) is 67.5 Å². The average Bonchev–Trinajstić information content (AvgIpc) is 2.15. The predicted molar refractivity (Wildman–Crippen MR) is 63.9 cm³/mol. The summed E-state index contributed by atoms with van der Waals surface area (Å²) in [5, 5.41) is 4.14. The quantitative estimate of drug-likeness (QED) is 0.700. The SMILES string of the molecule is CC1(C)CC(=O)NN=C1c1cccc(N)c1. The van der Waals surface area contributed by atoms with Crippen LogP contribution in [-0.2, 0) is 4.79 Å². The molecule has 0 spiro atoms. The smallest absolute Gasteiger partial charge is 0.241 e. The lowest BCUT2D eigenvalue weighted by atomic mass is 9.79. The van der Waals surface area contributed by atoms with Crippen LogP contribution in [0, 0.1) is 5.41 Å². The first-order valence-electron chi connectivity index (χ1n) is 5.22. The highest BCUT2D eigenvalue weighted by molar-refractivity contribution is 6.08. The lowest BCUT2D eigenvalue weighted by Gasteiger charge is -2.29. The van der Waals surface area contributed by atoms with E-state index in [1.807, 2.05) is 38.1 Å². The maximum atomic E-state index is 11.3. The number of amides is 1. The minimum atomic E-state index is -0.254. The Kier molecular flexibility index (Phi) is 2.42. The zero-order valence-electron chi connectivity index (χ0n) is 9.45. The first-order valence-corrected chi connectivity index (χ1v) is 5.22. The highest BCUT2D eigenvalue weighted by atomic mass is 16.2. The van der Waals surface area contributed by atoms with E-state index in [0.717, 1.165) is 11.3 Å². The van der Waals surface area contributed by atoms with E-state index < -0.39 is 0 Å². The summed E-state index contributed by atoms with van der Waals surface area (Å²) in [4.78, 5) is 11.3. The fraction of sp³-hybridized carbons (Fsp3) is 0.333. The van der Waals surface area contributed by atoms with Crippen molar-refractivity contribution in [1.29, 1.82) is 0 Å². The number of nitrogens with two attached hydrogens (primary N) is 1. The molecule has 2 rings (SSSR count). The number of rotatable bonds is 1. The van der Waals surface area contributed by atoms with Crippen molar-refractivity contribution >= 4 is 17.3 Å². The van der Waals surface area contributed by atoms with Gasteiger partial charge in [-0.3, -0.25) is 4.79 Å². The lowest BCUT2D eigenvalue weighted by molar-refractivity contribution is -0.122. The van der Waals surface area contributed by atoms with E-state index in [9.17, 15) is 4.79 Å². The van der Waals surface area contributed by atoms with Crippen molar-refractivity contribution in [3.05, 3.63) is 29.8 Å². The molecule has 4 nitrogen and oxygen atoms in total. The van der Waals surface area contributed by atoms with E-state index in [0.29, 0.717) is 12.1 Å². The predicted octanol–water partition coefficient (Wildman–Crippen LogP) is 1.52. The van der Waals surface area contributed by atoms with Crippen molar-refractivity contribution in [2.75, 3.05) is 5.73 Å². The van der Waals surface area contributed by atoms with Crippen molar-refractivity contribution in [3.8, 4) is 0 Å². The molecule has 4 heteroatoms. The van der Waals surface area contributed by atoms with Gasteiger partial charge in [0.05, 0.1) is 5.71 Å². The van der Waals surface area contributed by atoms with E-state index in [4.69, 9.17) is 5.73 Å². The molecule has 0 fully saturated rings. The minimum absolute atomic E-state index is 0.0438. The molecule has 3 N–H and O–H groups in total. The number of nitrogens with zero attached hydrogens (tertiary/aromatic N) is 1. The Hall–Kier alpha value is -1.84. The second kappa shape index (κ2) is 3.63. The van der Waals surface area contributed by atoms with Crippen LogP contribution in [0.3, 0.4) is 0 Å². The van der Waals surface area contributed by atoms with E-state index in [-0.39, 0.29) is 11.3 Å². The molecule has 0 unspecified atom stereocenters. The lowest BCUT2D eigenvalue weighted by Crippen LogP contribution is -2.39. The summed E-state index contributed by atoms with van der Waals surface area (Å²) in [7, 11) is 0. The van der Waals surface area contributed by atoms with Crippen molar-refractivity contribution < 1.29 is 4.79 Å². The van der Waals surface area contributed by atoms with Crippen LogP contribution in [0.25, 0.3) is 0 Å². The number of anilines is 1. The standard InChI is InChI=1S/C12H15N3O/c1-12(2)7-10(16)14-15-11(12)8-4-3-5-9(13)6-8/h3-6H,7,13H2,1-2H3,(H,14,16). The van der Waals surface area contributed by atoms with Gasteiger partial charge in [-0.25, -0.2) is 5.43 Å². The number of nitrogens with one attached hydrogen (secondary N) is 1. The molecule has 1 aliphatic heterocycles. The van der Waals surface area contributed by atoms with Gasteiger partial charge in [0.2, 0.25) is 5.91 Å². The first kappa shape index (κ1) is 10.7. The Morgan fingerprint density at radius 2 is 2.19 bits per heavy atom. The molecule has 1 aliphatic rings. The van der Waals surface area contributed by atoms with Gasteiger partial charge in [0, 0.05) is 23.1 Å². The van der Waals surface area contributed by atoms with E-state index in [1.54, 1.807) is 0 Å². The van der Waals surface area contributed by atoms with Gasteiger partial charge in [-0.2, -0.15) is 5.10 Å². The molecule has 1 aromatic carbocycles. The Bertz CT molecular complexity index is 463. The number of hydrazone groups is 1. The summed E-state index contributed by atoms with van der Waals surface area (Å²) in [5.41, 5.74) is 10.5. The van der Waals surface area contributed by atoms with Crippen LogP contribution in [0.4, 0.5) is 5.69 Å². The largest absolute Gasteiger partial charge is 0.399 e. The van der Waals surface area contributed by atoms with Gasteiger partial charge in [0.15, 0.2) is 0 Å². The minimum Gasteiger partial charge on any atom is -0.399 e. The third-order valence-electron chi connectivity index (χ3n) is 2.70. The third-order valence-corrected chi connectivity index (χ3v) is 2.70. The molecule has 1 aromatic rings.